The van der Waals surface area contributed by atoms with Crippen molar-refractivity contribution in [2.45, 2.75) is 0 Å². The van der Waals surface area contributed by atoms with Crippen LogP contribution >= 0.6 is 0 Å². The van der Waals surface area contributed by atoms with Gasteiger partial charge < -0.3 is 0 Å². The van der Waals surface area contributed by atoms with Gasteiger partial charge in [0.25, 0.3) is 0 Å². The molecule has 5 heteroatoms. The van der Waals surface area contributed by atoms with Gasteiger partial charge in [-0.15, -0.1) is 0 Å². The monoisotopic (exact) mass is 324 g/mol. The molecule has 0 amide bonds. The van der Waals surface area contributed by atoms with Gasteiger partial charge in [-0.2, -0.15) is 0 Å². The minimum atomic E-state index is 0.748. The third kappa shape index (κ3) is 2.33. The predicted octanol–water partition coefficient (Wildman–Crippen LogP) is 4.50. The fourth-order valence-corrected chi connectivity index (χ4v) is 3.07. The molecule has 25 heavy (non-hydrogen) atoms. The average molecular weight is 324 g/mol. The highest BCUT2D eigenvalue weighted by Gasteiger charge is 2.08. The van der Waals surface area contributed by atoms with Gasteiger partial charge in [0.05, 0.1) is 5.52 Å². The molecule has 0 fully saturated rings. The summed E-state index contributed by atoms with van der Waals surface area (Å²) in [6.45, 7) is 0. The van der Waals surface area contributed by atoms with Crippen LogP contribution in [-0.4, -0.2) is 20.3 Å². The Labute approximate surface area is 142 Å². The highest BCUT2D eigenvalue weighted by atomic mass is 16.6. The molecular formula is C20H12N4O. The van der Waals surface area contributed by atoms with E-state index in [1.165, 1.54) is 0 Å². The highest BCUT2D eigenvalue weighted by Crippen LogP contribution is 2.31. The molecule has 0 aliphatic carbocycles. The summed E-state index contributed by atoms with van der Waals surface area (Å²) in [4.78, 5) is 8.59. The minimum absolute atomic E-state index is 0.748. The molecule has 0 saturated carbocycles. The number of aromatic nitrogens is 4. The van der Waals surface area contributed by atoms with Crippen LogP contribution in [0.3, 0.4) is 0 Å². The average Bonchev–Trinajstić information content (AvgIpc) is 3.15. The van der Waals surface area contributed by atoms with Gasteiger partial charge >= 0.3 is 0 Å². The molecule has 5 nitrogen and oxygen atoms in total. The van der Waals surface area contributed by atoms with Crippen molar-refractivity contribution in [1.29, 1.82) is 0 Å². The van der Waals surface area contributed by atoms with Crippen molar-refractivity contribution in [3.8, 4) is 22.3 Å². The number of hydrogen-bond donors (Lipinski definition) is 0. The normalized spacial score (nSPS) is 11.2. The number of benzene rings is 2. The lowest BCUT2D eigenvalue weighted by Gasteiger charge is -2.08. The van der Waals surface area contributed by atoms with E-state index < -0.39 is 0 Å². The summed E-state index contributed by atoms with van der Waals surface area (Å²) in [6.07, 6.45) is 5.44. The molecule has 5 rings (SSSR count). The number of rotatable bonds is 2. The zero-order valence-corrected chi connectivity index (χ0v) is 13.1. The molecule has 0 aliphatic heterocycles. The maximum Gasteiger partial charge on any atom is 0.135 e. The molecule has 0 N–H and O–H groups in total. The Morgan fingerprint density at radius 1 is 0.600 bits per heavy atom. The summed E-state index contributed by atoms with van der Waals surface area (Å²) in [5.41, 5.74) is 6.88. The number of hydrogen-bond acceptors (Lipinski definition) is 5. The second kappa shape index (κ2) is 5.49. The fraction of sp³-hybridized carbons (Fsp3) is 0. The first-order valence-corrected chi connectivity index (χ1v) is 7.90. The summed E-state index contributed by atoms with van der Waals surface area (Å²) in [6, 6.07) is 18.2. The first kappa shape index (κ1) is 13.8. The molecule has 0 aliphatic rings. The molecule has 0 atom stereocenters. The molecule has 0 unspecified atom stereocenters. The maximum atomic E-state index is 4.79. The Morgan fingerprint density at radius 2 is 1.36 bits per heavy atom. The second-order valence-corrected chi connectivity index (χ2v) is 5.79. The zero-order valence-electron chi connectivity index (χ0n) is 13.1. The SMILES string of the molecule is c1cc(-c2ccnc3ccc(-c4ccc5nonc5c4)cc23)ccn1. The van der Waals surface area contributed by atoms with Crippen LogP contribution in [-0.2, 0) is 0 Å². The molecule has 0 spiro atoms. The van der Waals surface area contributed by atoms with Gasteiger partial charge in [0, 0.05) is 24.0 Å². The molecule has 3 heterocycles. The van der Waals surface area contributed by atoms with E-state index >= 15 is 0 Å². The molecule has 5 aromatic rings. The molecule has 0 radical (unpaired) electrons. The largest absolute Gasteiger partial charge is 0.265 e. The van der Waals surface area contributed by atoms with E-state index in [9.17, 15) is 0 Å². The third-order valence-electron chi connectivity index (χ3n) is 4.32. The van der Waals surface area contributed by atoms with Crippen LogP contribution in [0.4, 0.5) is 0 Å². The van der Waals surface area contributed by atoms with Crippen LogP contribution in [0.1, 0.15) is 0 Å². The smallest absolute Gasteiger partial charge is 0.135 e. The lowest BCUT2D eigenvalue weighted by molar-refractivity contribution is 0.315. The van der Waals surface area contributed by atoms with Crippen molar-refractivity contribution < 1.29 is 4.63 Å². The van der Waals surface area contributed by atoms with Crippen molar-refractivity contribution in [2.75, 3.05) is 0 Å². The standard InChI is InChI=1S/C20H12N4O/c1-3-18-17(16(7-10-22-18)13-5-8-21-9-6-13)11-14(1)15-2-4-19-20(12-15)24-25-23-19/h1-12H. The van der Waals surface area contributed by atoms with Crippen LogP contribution in [0.15, 0.2) is 77.8 Å². The Morgan fingerprint density at radius 3 is 2.24 bits per heavy atom. The summed E-state index contributed by atoms with van der Waals surface area (Å²) >= 11 is 0. The van der Waals surface area contributed by atoms with E-state index in [-0.39, 0.29) is 0 Å². The first-order chi connectivity index (χ1) is 12.4. The number of pyridine rings is 2. The topological polar surface area (TPSA) is 64.7 Å². The van der Waals surface area contributed by atoms with Crippen LogP contribution in [0.25, 0.3) is 44.2 Å². The van der Waals surface area contributed by atoms with Gasteiger partial charge in [-0.25, -0.2) is 4.63 Å². The highest BCUT2D eigenvalue weighted by molar-refractivity contribution is 5.97. The van der Waals surface area contributed by atoms with Crippen molar-refractivity contribution in [1.82, 2.24) is 20.3 Å². The molecule has 118 valence electrons. The summed E-state index contributed by atoms with van der Waals surface area (Å²) < 4.78 is 4.79. The quantitative estimate of drug-likeness (QED) is 0.478. The van der Waals surface area contributed by atoms with Gasteiger partial charge in [-0.05, 0) is 75.0 Å². The van der Waals surface area contributed by atoms with Crippen LogP contribution < -0.4 is 0 Å². The van der Waals surface area contributed by atoms with E-state index in [4.69, 9.17) is 4.63 Å². The Bertz CT molecular complexity index is 1200. The van der Waals surface area contributed by atoms with Crippen LogP contribution in [0, 0.1) is 0 Å². The molecule has 0 saturated heterocycles. The zero-order chi connectivity index (χ0) is 16.6. The number of nitrogens with zero attached hydrogens (tertiary/aromatic N) is 4. The van der Waals surface area contributed by atoms with E-state index in [1.54, 1.807) is 12.4 Å². The molecule has 0 bridgehead atoms. The first-order valence-electron chi connectivity index (χ1n) is 7.90. The van der Waals surface area contributed by atoms with Crippen LogP contribution in [0.2, 0.25) is 0 Å². The Hall–Kier alpha value is -3.60. The maximum absolute atomic E-state index is 4.79. The predicted molar refractivity (Wildman–Crippen MR) is 95.8 cm³/mol. The van der Waals surface area contributed by atoms with Crippen molar-refractivity contribution in [3.05, 3.63) is 73.2 Å². The summed E-state index contributed by atoms with van der Waals surface area (Å²) in [7, 11) is 0. The molecule has 3 aromatic heterocycles. The van der Waals surface area contributed by atoms with Gasteiger partial charge in [0.2, 0.25) is 0 Å². The van der Waals surface area contributed by atoms with Gasteiger partial charge in [-0.1, -0.05) is 12.1 Å². The van der Waals surface area contributed by atoms with Gasteiger partial charge in [-0.3, -0.25) is 9.97 Å². The Kier molecular flexibility index (Phi) is 3.03. The Balaban J connectivity index is 1.72. The molecule has 2 aromatic carbocycles. The molecular weight excluding hydrogens is 312 g/mol. The van der Waals surface area contributed by atoms with Crippen LogP contribution in [0.5, 0.6) is 0 Å². The fourth-order valence-electron chi connectivity index (χ4n) is 3.07. The van der Waals surface area contributed by atoms with Crippen molar-refractivity contribution >= 4 is 21.9 Å². The van der Waals surface area contributed by atoms with Crippen molar-refractivity contribution in [2.24, 2.45) is 0 Å². The third-order valence-corrected chi connectivity index (χ3v) is 4.32. The lowest BCUT2D eigenvalue weighted by Crippen LogP contribution is -1.86. The van der Waals surface area contributed by atoms with E-state index in [0.29, 0.717) is 0 Å². The van der Waals surface area contributed by atoms with E-state index in [1.807, 2.05) is 48.7 Å². The second-order valence-electron chi connectivity index (χ2n) is 5.79. The minimum Gasteiger partial charge on any atom is -0.265 e. The van der Waals surface area contributed by atoms with E-state index in [2.05, 4.69) is 32.4 Å². The number of fused-ring (bicyclic) bond motifs is 2. The summed E-state index contributed by atoms with van der Waals surface area (Å²) in [5.74, 6) is 0. The van der Waals surface area contributed by atoms with E-state index in [0.717, 1.165) is 44.2 Å². The van der Waals surface area contributed by atoms with Gasteiger partial charge in [0.1, 0.15) is 11.0 Å². The van der Waals surface area contributed by atoms with Crippen molar-refractivity contribution in [3.63, 3.8) is 0 Å². The van der Waals surface area contributed by atoms with Gasteiger partial charge in [0.15, 0.2) is 0 Å². The summed E-state index contributed by atoms with van der Waals surface area (Å²) in [5, 5.41) is 8.88. The lowest BCUT2D eigenvalue weighted by atomic mass is 9.98.